The predicted molar refractivity (Wildman–Crippen MR) is 73.5 cm³/mol. The van der Waals surface area contributed by atoms with E-state index in [0.29, 0.717) is 23.8 Å². The molecule has 1 aliphatic carbocycles. The van der Waals surface area contributed by atoms with Crippen LogP contribution in [0.4, 0.5) is 0 Å². The first-order chi connectivity index (χ1) is 10.2. The molecule has 104 valence electrons. The maximum atomic E-state index is 10.9. The molecule has 0 bridgehead atoms. The summed E-state index contributed by atoms with van der Waals surface area (Å²) in [5.74, 6) is -0.602. The third kappa shape index (κ3) is 2.05. The van der Waals surface area contributed by atoms with Crippen molar-refractivity contribution >= 4 is 16.9 Å². The van der Waals surface area contributed by atoms with Gasteiger partial charge in [-0.1, -0.05) is 29.4 Å². The van der Waals surface area contributed by atoms with E-state index in [-0.39, 0.29) is 5.92 Å². The highest BCUT2D eigenvalue weighted by Crippen LogP contribution is 2.47. The van der Waals surface area contributed by atoms with Crippen LogP contribution in [0.3, 0.4) is 0 Å². The van der Waals surface area contributed by atoms with Crippen molar-refractivity contribution in [3.8, 4) is 11.5 Å². The van der Waals surface area contributed by atoms with Gasteiger partial charge in [0, 0.05) is 5.39 Å². The van der Waals surface area contributed by atoms with Crippen molar-refractivity contribution in [3.05, 3.63) is 42.3 Å². The maximum absolute atomic E-state index is 10.9. The van der Waals surface area contributed by atoms with E-state index in [1.807, 2.05) is 36.4 Å². The summed E-state index contributed by atoms with van der Waals surface area (Å²) >= 11 is 0. The molecule has 0 amide bonds. The average molecular weight is 281 g/mol. The number of carboxylic acid groups (broad SMARTS) is 1. The molecule has 2 atom stereocenters. The van der Waals surface area contributed by atoms with Crippen molar-refractivity contribution < 1.29 is 14.4 Å². The van der Waals surface area contributed by atoms with Gasteiger partial charge in [0.15, 0.2) is 0 Å². The molecule has 1 aliphatic rings. The second kappa shape index (κ2) is 4.37. The van der Waals surface area contributed by atoms with Gasteiger partial charge in [0.25, 0.3) is 0 Å². The Bertz CT molecular complexity index is 843. The van der Waals surface area contributed by atoms with Crippen LogP contribution in [-0.4, -0.2) is 26.2 Å². The molecule has 1 aromatic carbocycles. The second-order valence-corrected chi connectivity index (χ2v) is 5.13. The van der Waals surface area contributed by atoms with Gasteiger partial charge in [-0.05, 0) is 18.6 Å². The number of carbonyl (C=O) groups is 1. The third-order valence-electron chi connectivity index (χ3n) is 3.69. The number of benzene rings is 1. The van der Waals surface area contributed by atoms with Gasteiger partial charge in [-0.2, -0.15) is 4.98 Å². The Hall–Kier alpha value is -2.76. The summed E-state index contributed by atoms with van der Waals surface area (Å²) in [6, 6.07) is 11.6. The summed E-state index contributed by atoms with van der Waals surface area (Å²) in [6.45, 7) is 0. The van der Waals surface area contributed by atoms with Crippen molar-refractivity contribution in [1.82, 2.24) is 15.1 Å². The summed E-state index contributed by atoms with van der Waals surface area (Å²) in [7, 11) is 0. The molecule has 4 rings (SSSR count). The number of carboxylic acids is 1. The number of rotatable bonds is 3. The minimum atomic E-state index is -0.816. The molecular weight excluding hydrogens is 270 g/mol. The summed E-state index contributed by atoms with van der Waals surface area (Å²) in [5.41, 5.74) is 1.48. The van der Waals surface area contributed by atoms with Crippen LogP contribution in [0, 0.1) is 5.92 Å². The normalized spacial score (nSPS) is 20.6. The van der Waals surface area contributed by atoms with Crippen LogP contribution in [0.5, 0.6) is 0 Å². The van der Waals surface area contributed by atoms with Crippen molar-refractivity contribution in [1.29, 1.82) is 0 Å². The van der Waals surface area contributed by atoms with Crippen molar-refractivity contribution in [2.24, 2.45) is 5.92 Å². The Morgan fingerprint density at radius 2 is 2.05 bits per heavy atom. The van der Waals surface area contributed by atoms with Crippen molar-refractivity contribution in [3.63, 3.8) is 0 Å². The lowest BCUT2D eigenvalue weighted by Crippen LogP contribution is -1.99. The number of hydrogen-bond acceptors (Lipinski definition) is 5. The minimum Gasteiger partial charge on any atom is -0.481 e. The van der Waals surface area contributed by atoms with Gasteiger partial charge in [-0.3, -0.25) is 4.79 Å². The summed E-state index contributed by atoms with van der Waals surface area (Å²) in [4.78, 5) is 19.6. The molecule has 6 nitrogen and oxygen atoms in total. The number of aliphatic carboxylic acids is 1. The lowest BCUT2D eigenvalue weighted by atomic mass is 10.2. The molecule has 1 saturated carbocycles. The molecule has 0 saturated heterocycles. The van der Waals surface area contributed by atoms with Crippen LogP contribution in [0.15, 0.2) is 40.9 Å². The number of hydrogen-bond donors (Lipinski definition) is 1. The van der Waals surface area contributed by atoms with Crippen molar-refractivity contribution in [2.45, 2.75) is 12.3 Å². The fraction of sp³-hybridized carbons (Fsp3) is 0.200. The van der Waals surface area contributed by atoms with Gasteiger partial charge < -0.3 is 9.63 Å². The highest BCUT2D eigenvalue weighted by Gasteiger charge is 2.48. The van der Waals surface area contributed by atoms with Crippen LogP contribution in [-0.2, 0) is 4.79 Å². The zero-order chi connectivity index (χ0) is 14.4. The molecule has 0 aliphatic heterocycles. The maximum Gasteiger partial charge on any atom is 0.307 e. The number of fused-ring (bicyclic) bond motifs is 1. The van der Waals surface area contributed by atoms with Gasteiger partial charge in [-0.25, -0.2) is 4.98 Å². The number of nitrogens with zero attached hydrogens (tertiary/aromatic N) is 3. The Morgan fingerprint density at radius 3 is 2.86 bits per heavy atom. The third-order valence-corrected chi connectivity index (χ3v) is 3.69. The Kier molecular flexibility index (Phi) is 2.50. The van der Waals surface area contributed by atoms with Gasteiger partial charge >= 0.3 is 5.97 Å². The van der Waals surface area contributed by atoms with E-state index >= 15 is 0 Å². The van der Waals surface area contributed by atoms with Gasteiger partial charge in [0.05, 0.1) is 17.4 Å². The quantitative estimate of drug-likeness (QED) is 0.793. The zero-order valence-electron chi connectivity index (χ0n) is 10.9. The first kappa shape index (κ1) is 12.0. The monoisotopic (exact) mass is 281 g/mol. The van der Waals surface area contributed by atoms with Gasteiger partial charge in [-0.15, -0.1) is 0 Å². The van der Waals surface area contributed by atoms with Crippen LogP contribution in [0.1, 0.15) is 18.2 Å². The molecule has 0 radical (unpaired) electrons. The smallest absolute Gasteiger partial charge is 0.307 e. The van der Waals surface area contributed by atoms with E-state index in [2.05, 4.69) is 15.1 Å². The molecule has 2 unspecified atom stereocenters. The molecule has 1 N–H and O–H groups in total. The van der Waals surface area contributed by atoms with Crippen LogP contribution in [0.2, 0.25) is 0 Å². The highest BCUT2D eigenvalue weighted by molar-refractivity contribution is 5.80. The Labute approximate surface area is 119 Å². The fourth-order valence-electron chi connectivity index (χ4n) is 2.42. The lowest BCUT2D eigenvalue weighted by molar-refractivity contribution is -0.138. The molecule has 2 heterocycles. The highest BCUT2D eigenvalue weighted by atomic mass is 16.5. The Morgan fingerprint density at radius 1 is 1.19 bits per heavy atom. The summed E-state index contributed by atoms with van der Waals surface area (Å²) in [6.07, 6.45) is 0.558. The summed E-state index contributed by atoms with van der Waals surface area (Å²) < 4.78 is 5.17. The fourth-order valence-corrected chi connectivity index (χ4v) is 2.42. The largest absolute Gasteiger partial charge is 0.481 e. The van der Waals surface area contributed by atoms with Crippen LogP contribution >= 0.6 is 0 Å². The molecule has 21 heavy (non-hydrogen) atoms. The molecule has 3 aromatic rings. The number of aromatic nitrogens is 3. The van der Waals surface area contributed by atoms with Gasteiger partial charge in [0.1, 0.15) is 5.69 Å². The van der Waals surface area contributed by atoms with E-state index in [1.165, 1.54) is 0 Å². The average Bonchev–Trinajstić information content (AvgIpc) is 3.17. The zero-order valence-corrected chi connectivity index (χ0v) is 10.9. The first-order valence-electron chi connectivity index (χ1n) is 6.65. The number of para-hydroxylation sites is 1. The second-order valence-electron chi connectivity index (χ2n) is 5.13. The van der Waals surface area contributed by atoms with E-state index < -0.39 is 11.9 Å². The molecule has 1 fully saturated rings. The molecular formula is C15H11N3O3. The molecule has 2 aromatic heterocycles. The lowest BCUT2D eigenvalue weighted by Gasteiger charge is -1.98. The molecule has 0 spiro atoms. The van der Waals surface area contributed by atoms with Crippen LogP contribution in [0.25, 0.3) is 22.4 Å². The topological polar surface area (TPSA) is 89.1 Å². The number of pyridine rings is 1. The van der Waals surface area contributed by atoms with Crippen LogP contribution < -0.4 is 0 Å². The molecule has 6 heteroatoms. The van der Waals surface area contributed by atoms with E-state index in [4.69, 9.17) is 9.63 Å². The van der Waals surface area contributed by atoms with Gasteiger partial charge in [0.2, 0.25) is 11.7 Å². The van der Waals surface area contributed by atoms with Crippen molar-refractivity contribution in [2.75, 3.05) is 0 Å². The standard InChI is InChI=1S/C15H11N3O3/c19-15(20)10-7-9(10)14-17-13(18-21-14)12-6-5-8-3-1-2-4-11(8)16-12/h1-6,9-10H,7H2,(H,19,20). The summed E-state index contributed by atoms with van der Waals surface area (Å²) in [5, 5.41) is 13.9. The Balaban J connectivity index is 1.66. The first-order valence-corrected chi connectivity index (χ1v) is 6.65. The van der Waals surface area contributed by atoms with E-state index in [1.54, 1.807) is 0 Å². The minimum absolute atomic E-state index is 0.163. The SMILES string of the molecule is O=C(O)C1CC1c1nc(-c2ccc3ccccc3n2)no1. The van der Waals surface area contributed by atoms with E-state index in [0.717, 1.165) is 10.9 Å². The predicted octanol–water partition coefficient (Wildman–Crippen LogP) is 2.47. The van der Waals surface area contributed by atoms with E-state index in [9.17, 15) is 4.79 Å².